The minimum Gasteiger partial charge on any atom is -0.207 e. The van der Waals surface area contributed by atoms with Crippen molar-refractivity contribution in [1.82, 2.24) is 4.31 Å². The molecule has 0 bridgehead atoms. The molecule has 82 valence electrons. The first-order valence-electron chi connectivity index (χ1n) is 5.06. The largest absolute Gasteiger partial charge is 0.242 e. The molecule has 0 unspecified atom stereocenters. The molecule has 1 aliphatic carbocycles. The third-order valence-corrected chi connectivity index (χ3v) is 4.66. The third-order valence-electron chi connectivity index (χ3n) is 2.85. The molecule has 0 saturated heterocycles. The summed E-state index contributed by atoms with van der Waals surface area (Å²) in [5, 5.41) is 0. The number of hydrogen-bond acceptors (Lipinski definition) is 2. The first kappa shape index (κ1) is 10.6. The van der Waals surface area contributed by atoms with Gasteiger partial charge in [0.05, 0.1) is 4.90 Å². The average Bonchev–Trinajstić information content (AvgIpc) is 2.63. The molecule has 0 N–H and O–H groups in total. The highest BCUT2D eigenvalue weighted by Crippen LogP contribution is 2.25. The third kappa shape index (κ3) is 1.79. The molecule has 1 aliphatic rings. The lowest BCUT2D eigenvalue weighted by Crippen LogP contribution is -2.22. The zero-order valence-corrected chi connectivity index (χ0v) is 9.84. The number of benzene rings is 1. The smallest absolute Gasteiger partial charge is 0.207 e. The van der Waals surface area contributed by atoms with Gasteiger partial charge in [-0.2, -0.15) is 0 Å². The van der Waals surface area contributed by atoms with Crippen LogP contribution in [0.25, 0.3) is 0 Å². The summed E-state index contributed by atoms with van der Waals surface area (Å²) >= 11 is 0. The van der Waals surface area contributed by atoms with Crippen molar-refractivity contribution < 1.29 is 8.42 Å². The normalized spacial score (nSPS) is 15.7. The van der Waals surface area contributed by atoms with Crippen LogP contribution in [0.1, 0.15) is 17.5 Å². The summed E-state index contributed by atoms with van der Waals surface area (Å²) in [4.78, 5) is 0.410. The molecule has 0 fully saturated rings. The Hall–Kier alpha value is -0.870. The average molecular weight is 225 g/mol. The Kier molecular flexibility index (Phi) is 2.56. The molecular weight excluding hydrogens is 210 g/mol. The van der Waals surface area contributed by atoms with Crippen LogP contribution < -0.4 is 0 Å². The maximum absolute atomic E-state index is 11.9. The number of sulfonamides is 1. The molecule has 0 radical (unpaired) electrons. The van der Waals surface area contributed by atoms with Crippen LogP contribution in [0.2, 0.25) is 0 Å². The van der Waals surface area contributed by atoms with E-state index < -0.39 is 10.0 Å². The van der Waals surface area contributed by atoms with E-state index in [9.17, 15) is 8.42 Å². The van der Waals surface area contributed by atoms with Crippen LogP contribution in [0.5, 0.6) is 0 Å². The summed E-state index contributed by atoms with van der Waals surface area (Å²) in [6.07, 6.45) is 3.23. The van der Waals surface area contributed by atoms with Gasteiger partial charge in [-0.1, -0.05) is 6.07 Å². The van der Waals surface area contributed by atoms with Crippen molar-refractivity contribution in [2.45, 2.75) is 24.2 Å². The van der Waals surface area contributed by atoms with E-state index in [0.717, 1.165) is 19.3 Å². The van der Waals surface area contributed by atoms with Gasteiger partial charge in [0.15, 0.2) is 0 Å². The molecule has 1 aromatic carbocycles. The lowest BCUT2D eigenvalue weighted by atomic mass is 10.1. The van der Waals surface area contributed by atoms with Crippen LogP contribution in [0, 0.1) is 0 Å². The molecule has 2 rings (SSSR count). The van der Waals surface area contributed by atoms with Gasteiger partial charge in [-0.05, 0) is 42.5 Å². The molecule has 0 saturated carbocycles. The fourth-order valence-corrected chi connectivity index (χ4v) is 2.87. The Morgan fingerprint density at radius 3 is 2.47 bits per heavy atom. The van der Waals surface area contributed by atoms with Crippen LogP contribution in [0.3, 0.4) is 0 Å². The first-order valence-corrected chi connectivity index (χ1v) is 6.50. The Balaban J connectivity index is 2.48. The number of aryl methyl sites for hydroxylation is 2. The van der Waals surface area contributed by atoms with E-state index in [1.165, 1.54) is 15.4 Å². The molecule has 3 nitrogen and oxygen atoms in total. The van der Waals surface area contributed by atoms with Gasteiger partial charge < -0.3 is 0 Å². The lowest BCUT2D eigenvalue weighted by molar-refractivity contribution is 0.520. The van der Waals surface area contributed by atoms with Crippen LogP contribution in [-0.4, -0.2) is 26.8 Å². The van der Waals surface area contributed by atoms with Gasteiger partial charge in [0.2, 0.25) is 10.0 Å². The number of rotatable bonds is 2. The van der Waals surface area contributed by atoms with Crippen molar-refractivity contribution in [2.24, 2.45) is 0 Å². The molecule has 0 amide bonds. The molecule has 0 atom stereocenters. The summed E-state index contributed by atoms with van der Waals surface area (Å²) in [6, 6.07) is 5.47. The van der Waals surface area contributed by atoms with E-state index in [2.05, 4.69) is 0 Å². The van der Waals surface area contributed by atoms with Crippen molar-refractivity contribution in [1.29, 1.82) is 0 Å². The number of fused-ring (bicyclic) bond motifs is 1. The van der Waals surface area contributed by atoms with Gasteiger partial charge >= 0.3 is 0 Å². The van der Waals surface area contributed by atoms with E-state index in [1.807, 2.05) is 12.1 Å². The predicted octanol–water partition coefficient (Wildman–Crippen LogP) is 1.43. The van der Waals surface area contributed by atoms with Crippen molar-refractivity contribution in [3.63, 3.8) is 0 Å². The quantitative estimate of drug-likeness (QED) is 0.763. The van der Waals surface area contributed by atoms with Crippen LogP contribution in [0.15, 0.2) is 23.1 Å². The number of hydrogen-bond donors (Lipinski definition) is 0. The SMILES string of the molecule is CN(C)S(=O)(=O)c1ccc2c(c1)CCC2. The Labute approximate surface area is 90.8 Å². The summed E-state index contributed by atoms with van der Waals surface area (Å²) in [7, 11) is -0.149. The zero-order chi connectivity index (χ0) is 11.1. The highest BCUT2D eigenvalue weighted by atomic mass is 32.2. The fraction of sp³-hybridized carbons (Fsp3) is 0.455. The second kappa shape index (κ2) is 3.61. The second-order valence-electron chi connectivity index (χ2n) is 4.07. The molecule has 0 spiro atoms. The maximum atomic E-state index is 11.9. The number of nitrogens with zero attached hydrogens (tertiary/aromatic N) is 1. The van der Waals surface area contributed by atoms with Crippen LogP contribution in [0.4, 0.5) is 0 Å². The highest BCUT2D eigenvalue weighted by Gasteiger charge is 2.19. The van der Waals surface area contributed by atoms with E-state index in [-0.39, 0.29) is 0 Å². The van der Waals surface area contributed by atoms with Crippen LogP contribution >= 0.6 is 0 Å². The maximum Gasteiger partial charge on any atom is 0.242 e. The van der Waals surface area contributed by atoms with E-state index in [0.29, 0.717) is 4.90 Å². The van der Waals surface area contributed by atoms with Crippen molar-refractivity contribution in [2.75, 3.05) is 14.1 Å². The summed E-state index contributed by atoms with van der Waals surface area (Å²) in [5.41, 5.74) is 2.49. The van der Waals surface area contributed by atoms with E-state index in [1.54, 1.807) is 20.2 Å². The first-order chi connectivity index (χ1) is 7.01. The molecular formula is C11H15NO2S. The monoisotopic (exact) mass is 225 g/mol. The zero-order valence-electron chi connectivity index (χ0n) is 9.03. The molecule has 0 aromatic heterocycles. The van der Waals surface area contributed by atoms with Gasteiger partial charge in [0.1, 0.15) is 0 Å². The summed E-state index contributed by atoms with van der Waals surface area (Å²) < 4.78 is 25.0. The fourth-order valence-electron chi connectivity index (χ4n) is 1.92. The molecule has 15 heavy (non-hydrogen) atoms. The van der Waals surface area contributed by atoms with Gasteiger partial charge in [-0.15, -0.1) is 0 Å². The predicted molar refractivity (Wildman–Crippen MR) is 59.3 cm³/mol. The van der Waals surface area contributed by atoms with Gasteiger partial charge in [0.25, 0.3) is 0 Å². The van der Waals surface area contributed by atoms with Gasteiger partial charge in [-0.25, -0.2) is 12.7 Å². The van der Waals surface area contributed by atoms with E-state index >= 15 is 0 Å². The molecule has 0 aliphatic heterocycles. The van der Waals surface area contributed by atoms with Crippen molar-refractivity contribution in [3.8, 4) is 0 Å². The second-order valence-corrected chi connectivity index (χ2v) is 6.22. The van der Waals surface area contributed by atoms with Crippen molar-refractivity contribution >= 4 is 10.0 Å². The Morgan fingerprint density at radius 2 is 1.80 bits per heavy atom. The summed E-state index contributed by atoms with van der Waals surface area (Å²) in [6.45, 7) is 0. The minimum absolute atomic E-state index is 0.410. The molecule has 4 heteroatoms. The van der Waals surface area contributed by atoms with E-state index in [4.69, 9.17) is 0 Å². The lowest BCUT2D eigenvalue weighted by Gasteiger charge is -2.12. The topological polar surface area (TPSA) is 37.4 Å². The summed E-state index contributed by atoms with van der Waals surface area (Å²) in [5.74, 6) is 0. The van der Waals surface area contributed by atoms with Crippen molar-refractivity contribution in [3.05, 3.63) is 29.3 Å². The minimum atomic E-state index is -3.27. The van der Waals surface area contributed by atoms with Crippen LogP contribution in [-0.2, 0) is 22.9 Å². The highest BCUT2D eigenvalue weighted by molar-refractivity contribution is 7.89. The molecule has 1 aromatic rings. The standard InChI is InChI=1S/C11H15NO2S/c1-12(2)15(13,14)11-7-6-9-4-3-5-10(9)8-11/h6-8H,3-5H2,1-2H3. The Morgan fingerprint density at radius 1 is 1.13 bits per heavy atom. The molecule has 0 heterocycles. The Bertz CT molecular complexity index is 477. The van der Waals surface area contributed by atoms with Gasteiger partial charge in [-0.3, -0.25) is 0 Å². The van der Waals surface area contributed by atoms with Gasteiger partial charge in [0, 0.05) is 14.1 Å².